The Morgan fingerprint density at radius 1 is 1.29 bits per heavy atom. The Morgan fingerprint density at radius 3 is 2.42 bits per heavy atom. The van der Waals surface area contributed by atoms with Crippen molar-refractivity contribution >= 4 is 21.6 Å². The summed E-state index contributed by atoms with van der Waals surface area (Å²) in [5.41, 5.74) is -0.0340. The molecule has 8 heteroatoms. The van der Waals surface area contributed by atoms with Gasteiger partial charge in [-0.1, -0.05) is 13.8 Å². The van der Waals surface area contributed by atoms with Gasteiger partial charge in [-0.05, 0) is 44.6 Å². The van der Waals surface area contributed by atoms with Gasteiger partial charge in [-0.25, -0.2) is 12.8 Å². The Hall–Kier alpha value is -1.67. The lowest BCUT2D eigenvalue weighted by molar-refractivity contribution is 0.0924. The zero-order valence-electron chi connectivity index (χ0n) is 14.8. The van der Waals surface area contributed by atoms with E-state index in [2.05, 4.69) is 23.9 Å². The summed E-state index contributed by atoms with van der Waals surface area (Å²) in [6.45, 7) is 4.82. The number of anilines is 1. The highest BCUT2D eigenvalue weighted by Crippen LogP contribution is 2.18. The zero-order chi connectivity index (χ0) is 18.5. The van der Waals surface area contributed by atoms with E-state index in [1.807, 2.05) is 19.0 Å². The molecule has 0 saturated carbocycles. The molecule has 0 fully saturated rings. The van der Waals surface area contributed by atoms with E-state index in [1.165, 1.54) is 12.1 Å². The van der Waals surface area contributed by atoms with Crippen LogP contribution in [-0.4, -0.2) is 52.2 Å². The van der Waals surface area contributed by atoms with Crippen molar-refractivity contribution in [3.63, 3.8) is 0 Å². The second-order valence-electron chi connectivity index (χ2n) is 6.63. The van der Waals surface area contributed by atoms with Gasteiger partial charge in [0.1, 0.15) is 5.82 Å². The number of amides is 1. The van der Waals surface area contributed by atoms with Gasteiger partial charge in [-0.15, -0.1) is 0 Å². The van der Waals surface area contributed by atoms with Crippen LogP contribution in [0.25, 0.3) is 0 Å². The summed E-state index contributed by atoms with van der Waals surface area (Å²) >= 11 is 0. The molecular weight excluding hydrogens is 333 g/mol. The number of carbonyl (C=O) groups excluding carboxylic acids is 1. The molecule has 0 aromatic heterocycles. The third-order valence-corrected chi connectivity index (χ3v) is 3.79. The van der Waals surface area contributed by atoms with Crippen molar-refractivity contribution in [3.05, 3.63) is 29.6 Å². The van der Waals surface area contributed by atoms with Crippen molar-refractivity contribution in [2.45, 2.75) is 26.3 Å². The second-order valence-corrected chi connectivity index (χ2v) is 8.38. The van der Waals surface area contributed by atoms with Gasteiger partial charge in [-0.2, -0.15) is 0 Å². The minimum Gasteiger partial charge on any atom is -0.348 e. The molecule has 6 nitrogen and oxygen atoms in total. The van der Waals surface area contributed by atoms with Crippen LogP contribution in [0.3, 0.4) is 0 Å². The Balaban J connectivity index is 2.94. The molecule has 0 heterocycles. The van der Waals surface area contributed by atoms with Gasteiger partial charge >= 0.3 is 0 Å². The predicted molar refractivity (Wildman–Crippen MR) is 94.1 cm³/mol. The fourth-order valence-corrected chi connectivity index (χ4v) is 2.96. The number of hydrogen-bond acceptors (Lipinski definition) is 4. The molecule has 1 rings (SSSR count). The van der Waals surface area contributed by atoms with E-state index < -0.39 is 15.8 Å². The molecule has 0 aliphatic carbocycles. The highest BCUT2D eigenvalue weighted by atomic mass is 32.2. The lowest BCUT2D eigenvalue weighted by Crippen LogP contribution is -2.42. The zero-order valence-corrected chi connectivity index (χ0v) is 15.6. The third-order valence-electron chi connectivity index (χ3n) is 3.20. The molecule has 1 unspecified atom stereocenters. The summed E-state index contributed by atoms with van der Waals surface area (Å²) in [6, 6.07) is 3.56. The topological polar surface area (TPSA) is 78.5 Å². The normalized spacial score (nSPS) is 13.2. The average molecular weight is 359 g/mol. The fourth-order valence-electron chi connectivity index (χ4n) is 2.40. The first-order valence-electron chi connectivity index (χ1n) is 7.71. The molecule has 0 saturated heterocycles. The van der Waals surface area contributed by atoms with E-state index in [-0.39, 0.29) is 23.2 Å². The second kappa shape index (κ2) is 8.43. The number of nitrogens with zero attached hydrogens (tertiary/aromatic N) is 1. The van der Waals surface area contributed by atoms with E-state index in [9.17, 15) is 17.6 Å². The Morgan fingerprint density at radius 2 is 1.92 bits per heavy atom. The minimum atomic E-state index is -3.63. The highest BCUT2D eigenvalue weighted by Gasteiger charge is 2.18. The highest BCUT2D eigenvalue weighted by molar-refractivity contribution is 7.92. The van der Waals surface area contributed by atoms with Crippen LogP contribution in [0.2, 0.25) is 0 Å². The maximum Gasteiger partial charge on any atom is 0.251 e. The molecule has 1 aromatic carbocycles. The van der Waals surface area contributed by atoms with Crippen LogP contribution in [0.1, 0.15) is 30.6 Å². The first kappa shape index (κ1) is 20.4. The molecule has 0 radical (unpaired) electrons. The largest absolute Gasteiger partial charge is 0.348 e. The summed E-state index contributed by atoms with van der Waals surface area (Å²) in [7, 11) is 0.219. The molecule has 1 atom stereocenters. The van der Waals surface area contributed by atoms with Crippen molar-refractivity contribution in [1.82, 2.24) is 10.2 Å². The van der Waals surface area contributed by atoms with Gasteiger partial charge in [0.25, 0.3) is 5.91 Å². The van der Waals surface area contributed by atoms with Crippen LogP contribution in [0.15, 0.2) is 18.2 Å². The summed E-state index contributed by atoms with van der Waals surface area (Å²) in [5.74, 6) is -0.686. The molecule has 0 spiro atoms. The molecule has 24 heavy (non-hydrogen) atoms. The number of halogens is 1. The Labute approximate surface area is 143 Å². The van der Waals surface area contributed by atoms with Gasteiger partial charge in [0.2, 0.25) is 10.0 Å². The maximum absolute atomic E-state index is 13.7. The van der Waals surface area contributed by atoms with Crippen LogP contribution in [-0.2, 0) is 10.0 Å². The van der Waals surface area contributed by atoms with Crippen molar-refractivity contribution in [1.29, 1.82) is 0 Å². The SMILES string of the molecule is CC(C)CC(CN(C)C)NC(=O)c1ccc(F)c(NS(C)(=O)=O)c1. The van der Waals surface area contributed by atoms with E-state index >= 15 is 0 Å². The summed E-state index contributed by atoms with van der Waals surface area (Å²) < 4.78 is 38.3. The maximum atomic E-state index is 13.7. The van der Waals surface area contributed by atoms with Crippen molar-refractivity contribution in [2.24, 2.45) is 5.92 Å². The van der Waals surface area contributed by atoms with Crippen molar-refractivity contribution < 1.29 is 17.6 Å². The van der Waals surface area contributed by atoms with Gasteiger partial charge < -0.3 is 10.2 Å². The Bertz CT molecular complexity index is 665. The van der Waals surface area contributed by atoms with Crippen LogP contribution in [0.5, 0.6) is 0 Å². The number of hydrogen-bond donors (Lipinski definition) is 2. The molecule has 136 valence electrons. The number of nitrogens with one attached hydrogen (secondary N) is 2. The fraction of sp³-hybridized carbons (Fsp3) is 0.562. The first-order valence-corrected chi connectivity index (χ1v) is 9.60. The quantitative estimate of drug-likeness (QED) is 0.743. The number of sulfonamides is 1. The molecule has 0 bridgehead atoms. The Kier molecular flexibility index (Phi) is 7.16. The van der Waals surface area contributed by atoms with Crippen LogP contribution in [0.4, 0.5) is 10.1 Å². The minimum absolute atomic E-state index is 0.0520. The molecule has 0 aliphatic heterocycles. The van der Waals surface area contributed by atoms with Gasteiger partial charge in [0.05, 0.1) is 11.9 Å². The monoisotopic (exact) mass is 359 g/mol. The van der Waals surface area contributed by atoms with E-state index in [0.717, 1.165) is 18.7 Å². The molecular formula is C16H26FN3O3S. The van der Waals surface area contributed by atoms with E-state index in [1.54, 1.807) is 0 Å². The van der Waals surface area contributed by atoms with E-state index in [0.29, 0.717) is 12.5 Å². The molecule has 2 N–H and O–H groups in total. The smallest absolute Gasteiger partial charge is 0.251 e. The van der Waals surface area contributed by atoms with Gasteiger partial charge in [0.15, 0.2) is 0 Å². The van der Waals surface area contributed by atoms with Crippen LogP contribution >= 0.6 is 0 Å². The van der Waals surface area contributed by atoms with Gasteiger partial charge in [0, 0.05) is 18.2 Å². The number of rotatable bonds is 8. The first-order chi connectivity index (χ1) is 11.0. The lowest BCUT2D eigenvalue weighted by atomic mass is 10.0. The summed E-state index contributed by atoms with van der Waals surface area (Å²) in [5, 5.41) is 2.93. The molecule has 1 aromatic rings. The number of benzene rings is 1. The molecule has 0 aliphatic rings. The average Bonchev–Trinajstić information content (AvgIpc) is 2.37. The van der Waals surface area contributed by atoms with E-state index in [4.69, 9.17) is 0 Å². The standard InChI is InChI=1S/C16H26FN3O3S/c1-11(2)8-13(10-20(3)4)18-16(21)12-6-7-14(17)15(9-12)19-24(5,22)23/h6-7,9,11,13,19H,8,10H2,1-5H3,(H,18,21). The van der Waals surface area contributed by atoms with Crippen molar-refractivity contribution in [2.75, 3.05) is 31.6 Å². The third kappa shape index (κ3) is 7.27. The number of carbonyl (C=O) groups is 1. The summed E-state index contributed by atoms with van der Waals surface area (Å²) in [6.07, 6.45) is 1.73. The van der Waals surface area contributed by atoms with Gasteiger partial charge in [-0.3, -0.25) is 9.52 Å². The predicted octanol–water partition coefficient (Wildman–Crippen LogP) is 1.90. The summed E-state index contributed by atoms with van der Waals surface area (Å²) in [4.78, 5) is 14.4. The number of likely N-dealkylation sites (N-methyl/N-ethyl adjacent to an activating group) is 1. The lowest BCUT2D eigenvalue weighted by Gasteiger charge is -2.24. The van der Waals surface area contributed by atoms with Crippen LogP contribution in [0, 0.1) is 11.7 Å². The van der Waals surface area contributed by atoms with Crippen LogP contribution < -0.4 is 10.0 Å². The molecule has 1 amide bonds. The van der Waals surface area contributed by atoms with Crippen molar-refractivity contribution in [3.8, 4) is 0 Å².